The first-order valence-electron chi connectivity index (χ1n) is 11.0. The lowest BCUT2D eigenvalue weighted by atomic mass is 9.89. The van der Waals surface area contributed by atoms with Crippen molar-refractivity contribution in [1.29, 1.82) is 0 Å². The molecule has 1 saturated heterocycles. The number of aromatic nitrogens is 3. The van der Waals surface area contributed by atoms with E-state index in [9.17, 15) is 9.59 Å². The molecule has 0 saturated carbocycles. The van der Waals surface area contributed by atoms with Crippen molar-refractivity contribution in [2.75, 3.05) is 20.2 Å². The Kier molecular flexibility index (Phi) is 5.17. The number of aryl methyl sites for hydroxylation is 1. The first-order valence-corrected chi connectivity index (χ1v) is 11.0. The fourth-order valence-corrected chi connectivity index (χ4v) is 4.74. The minimum atomic E-state index is -0.159. The number of rotatable bonds is 4. The van der Waals surface area contributed by atoms with Gasteiger partial charge in [0.25, 0.3) is 11.5 Å². The molecule has 0 bridgehead atoms. The van der Waals surface area contributed by atoms with Crippen molar-refractivity contribution in [3.8, 4) is 5.75 Å². The number of H-pyrrole nitrogens is 1. The second-order valence-corrected chi connectivity index (χ2v) is 8.24. The number of ether oxygens (including phenoxy) is 1. The number of nitrogens with one attached hydrogen (secondary N) is 1. The molecule has 0 aliphatic carbocycles. The average Bonchev–Trinajstić information content (AvgIpc) is 3.27. The lowest BCUT2D eigenvalue weighted by Gasteiger charge is -2.32. The SMILES string of the molecule is CCn1nc(C(=O)N2CCC(c3c[nH]c4ccc(OC)cc34)CC2)c2ccccc2c1=O. The Morgan fingerprint density at radius 1 is 1.12 bits per heavy atom. The first-order chi connectivity index (χ1) is 15.6. The molecule has 2 aromatic carbocycles. The molecule has 5 rings (SSSR count). The fourth-order valence-electron chi connectivity index (χ4n) is 4.74. The summed E-state index contributed by atoms with van der Waals surface area (Å²) in [5, 5.41) is 6.76. The van der Waals surface area contributed by atoms with Gasteiger partial charge in [-0.15, -0.1) is 0 Å². The topological polar surface area (TPSA) is 80.2 Å². The second-order valence-electron chi connectivity index (χ2n) is 8.24. The molecule has 2 aromatic heterocycles. The number of benzene rings is 2. The van der Waals surface area contributed by atoms with E-state index in [4.69, 9.17) is 4.74 Å². The molecular formula is C25H26N4O3. The third-order valence-electron chi connectivity index (χ3n) is 6.51. The summed E-state index contributed by atoms with van der Waals surface area (Å²) in [7, 11) is 1.68. The number of aromatic amines is 1. The van der Waals surface area contributed by atoms with Crippen LogP contribution in [0.2, 0.25) is 0 Å². The summed E-state index contributed by atoms with van der Waals surface area (Å²) in [6.07, 6.45) is 3.83. The predicted octanol–water partition coefficient (Wildman–Crippen LogP) is 3.93. The Morgan fingerprint density at radius 2 is 1.88 bits per heavy atom. The Morgan fingerprint density at radius 3 is 2.59 bits per heavy atom. The number of amides is 1. The Hall–Kier alpha value is -3.61. The number of nitrogens with zero attached hydrogens (tertiary/aromatic N) is 3. The molecule has 3 heterocycles. The number of hydrogen-bond acceptors (Lipinski definition) is 4. The molecule has 1 amide bonds. The van der Waals surface area contributed by atoms with Gasteiger partial charge in [-0.1, -0.05) is 18.2 Å². The molecule has 0 atom stereocenters. The van der Waals surface area contributed by atoms with E-state index >= 15 is 0 Å². The number of fused-ring (bicyclic) bond motifs is 2. The Balaban J connectivity index is 1.40. The average molecular weight is 431 g/mol. The van der Waals surface area contributed by atoms with E-state index in [1.807, 2.05) is 42.2 Å². The number of carbonyl (C=O) groups is 1. The summed E-state index contributed by atoms with van der Waals surface area (Å²) in [5.74, 6) is 1.10. The molecule has 1 aliphatic rings. The summed E-state index contributed by atoms with van der Waals surface area (Å²) in [5.41, 5.74) is 2.57. The first kappa shape index (κ1) is 20.3. The summed E-state index contributed by atoms with van der Waals surface area (Å²) < 4.78 is 6.77. The molecule has 0 radical (unpaired) electrons. The van der Waals surface area contributed by atoms with E-state index in [2.05, 4.69) is 22.3 Å². The van der Waals surface area contributed by atoms with Crippen molar-refractivity contribution in [1.82, 2.24) is 19.7 Å². The van der Waals surface area contributed by atoms with Crippen molar-refractivity contribution >= 4 is 27.6 Å². The van der Waals surface area contributed by atoms with E-state index in [0.29, 0.717) is 42.0 Å². The molecule has 1 fully saturated rings. The largest absolute Gasteiger partial charge is 0.497 e. The highest BCUT2D eigenvalue weighted by Gasteiger charge is 2.28. The van der Waals surface area contributed by atoms with Gasteiger partial charge in [0.2, 0.25) is 0 Å². The van der Waals surface area contributed by atoms with Gasteiger partial charge in [0, 0.05) is 42.1 Å². The minimum Gasteiger partial charge on any atom is -0.497 e. The van der Waals surface area contributed by atoms with Gasteiger partial charge >= 0.3 is 0 Å². The van der Waals surface area contributed by atoms with E-state index in [-0.39, 0.29) is 11.5 Å². The van der Waals surface area contributed by atoms with Crippen LogP contribution in [0.1, 0.15) is 41.7 Å². The van der Waals surface area contributed by atoms with Crippen LogP contribution in [0.25, 0.3) is 21.7 Å². The van der Waals surface area contributed by atoms with Crippen LogP contribution in [0.3, 0.4) is 0 Å². The zero-order chi connectivity index (χ0) is 22.2. The van der Waals surface area contributed by atoms with Gasteiger partial charge in [0.05, 0.1) is 12.5 Å². The van der Waals surface area contributed by atoms with Gasteiger partial charge in [-0.2, -0.15) is 5.10 Å². The summed E-state index contributed by atoms with van der Waals surface area (Å²) >= 11 is 0. The molecule has 4 aromatic rings. The Labute approximate surface area is 185 Å². The molecule has 1 N–H and O–H groups in total. The number of likely N-dealkylation sites (tertiary alicyclic amines) is 1. The molecule has 0 spiro atoms. The molecule has 7 heteroatoms. The van der Waals surface area contributed by atoms with Gasteiger partial charge in [-0.3, -0.25) is 9.59 Å². The molecule has 164 valence electrons. The number of hydrogen-bond donors (Lipinski definition) is 1. The van der Waals surface area contributed by atoms with E-state index in [0.717, 1.165) is 24.1 Å². The van der Waals surface area contributed by atoms with Crippen LogP contribution >= 0.6 is 0 Å². The van der Waals surface area contributed by atoms with Gasteiger partial charge in [-0.05, 0) is 55.5 Å². The van der Waals surface area contributed by atoms with Crippen molar-refractivity contribution in [3.63, 3.8) is 0 Å². The molecule has 0 unspecified atom stereocenters. The lowest BCUT2D eigenvalue weighted by molar-refractivity contribution is 0.0707. The fraction of sp³-hybridized carbons (Fsp3) is 0.320. The monoisotopic (exact) mass is 430 g/mol. The Bertz CT molecular complexity index is 1360. The van der Waals surface area contributed by atoms with E-state index in [1.54, 1.807) is 13.2 Å². The maximum absolute atomic E-state index is 13.4. The van der Waals surface area contributed by atoms with Crippen LogP contribution in [0.4, 0.5) is 0 Å². The van der Waals surface area contributed by atoms with E-state index in [1.165, 1.54) is 15.6 Å². The van der Waals surface area contributed by atoms with E-state index < -0.39 is 0 Å². The highest BCUT2D eigenvalue weighted by Crippen LogP contribution is 2.35. The van der Waals surface area contributed by atoms with Gasteiger partial charge in [0.15, 0.2) is 5.69 Å². The zero-order valence-corrected chi connectivity index (χ0v) is 18.3. The molecule has 1 aliphatic heterocycles. The maximum Gasteiger partial charge on any atom is 0.274 e. The maximum atomic E-state index is 13.4. The van der Waals surface area contributed by atoms with Crippen LogP contribution in [-0.2, 0) is 6.54 Å². The third kappa shape index (κ3) is 3.34. The molecular weight excluding hydrogens is 404 g/mol. The number of methoxy groups -OCH3 is 1. The van der Waals surface area contributed by atoms with Crippen molar-refractivity contribution < 1.29 is 9.53 Å². The molecule has 7 nitrogen and oxygen atoms in total. The van der Waals surface area contributed by atoms with Gasteiger partial charge in [-0.25, -0.2) is 4.68 Å². The highest BCUT2D eigenvalue weighted by atomic mass is 16.5. The zero-order valence-electron chi connectivity index (χ0n) is 18.3. The third-order valence-corrected chi connectivity index (χ3v) is 6.51. The number of piperidine rings is 1. The highest BCUT2D eigenvalue weighted by molar-refractivity contribution is 6.04. The normalized spacial score (nSPS) is 14.9. The molecule has 32 heavy (non-hydrogen) atoms. The minimum absolute atomic E-state index is 0.109. The quantitative estimate of drug-likeness (QED) is 0.532. The van der Waals surface area contributed by atoms with Gasteiger partial charge in [0.1, 0.15) is 5.75 Å². The van der Waals surface area contributed by atoms with Crippen LogP contribution < -0.4 is 10.3 Å². The summed E-state index contributed by atoms with van der Waals surface area (Å²) in [6, 6.07) is 13.3. The van der Waals surface area contributed by atoms with Crippen molar-refractivity contribution in [2.24, 2.45) is 0 Å². The smallest absolute Gasteiger partial charge is 0.274 e. The summed E-state index contributed by atoms with van der Waals surface area (Å²) in [4.78, 5) is 31.2. The van der Waals surface area contributed by atoms with Crippen LogP contribution in [0.15, 0.2) is 53.5 Å². The second kappa shape index (κ2) is 8.15. The van der Waals surface area contributed by atoms with Crippen LogP contribution in [-0.4, -0.2) is 45.8 Å². The standard InChI is InChI=1S/C25H26N4O3/c1-3-29-24(30)19-7-5-4-6-18(19)23(27-29)25(31)28-12-10-16(11-13-28)21-15-26-22-9-8-17(32-2)14-20(21)22/h4-9,14-16,26H,3,10-13H2,1-2H3. The van der Waals surface area contributed by atoms with Crippen LogP contribution in [0, 0.1) is 0 Å². The number of carbonyl (C=O) groups excluding carboxylic acids is 1. The predicted molar refractivity (Wildman–Crippen MR) is 124 cm³/mol. The van der Waals surface area contributed by atoms with Crippen LogP contribution in [0.5, 0.6) is 5.75 Å². The van der Waals surface area contributed by atoms with Crippen molar-refractivity contribution in [3.05, 3.63) is 70.3 Å². The van der Waals surface area contributed by atoms with Crippen molar-refractivity contribution in [2.45, 2.75) is 32.2 Å². The lowest BCUT2D eigenvalue weighted by Crippen LogP contribution is -2.39. The van der Waals surface area contributed by atoms with Gasteiger partial charge < -0.3 is 14.6 Å². The summed E-state index contributed by atoms with van der Waals surface area (Å²) in [6.45, 7) is 3.60.